The second kappa shape index (κ2) is 6.23. The van der Waals surface area contributed by atoms with Gasteiger partial charge in [-0.2, -0.15) is 10.1 Å². The van der Waals surface area contributed by atoms with Gasteiger partial charge >= 0.3 is 0 Å². The number of carbonyl (C=O) groups is 1. The summed E-state index contributed by atoms with van der Waals surface area (Å²) >= 11 is 0. The normalized spacial score (nSPS) is 17.8. The van der Waals surface area contributed by atoms with Gasteiger partial charge in [-0.15, -0.1) is 0 Å². The van der Waals surface area contributed by atoms with Crippen LogP contribution in [0.5, 0.6) is 0 Å². The fourth-order valence-corrected chi connectivity index (χ4v) is 3.43. The number of hydrogen-bond acceptors (Lipinski definition) is 5. The zero-order valence-electron chi connectivity index (χ0n) is 14.4. The Hall–Kier alpha value is -2.83. The molecule has 4 heterocycles. The average molecular weight is 336 g/mol. The first kappa shape index (κ1) is 15.7. The lowest BCUT2D eigenvalue weighted by Crippen LogP contribution is -2.39. The van der Waals surface area contributed by atoms with Crippen LogP contribution in [0.4, 0.5) is 0 Å². The van der Waals surface area contributed by atoms with E-state index in [1.807, 2.05) is 36.9 Å². The lowest BCUT2D eigenvalue weighted by atomic mass is 9.93. The molecule has 4 rings (SSSR count). The maximum absolute atomic E-state index is 12.8. The zero-order chi connectivity index (χ0) is 17.4. The molecule has 1 atom stereocenters. The predicted molar refractivity (Wildman–Crippen MR) is 92.4 cm³/mol. The molecular formula is C18H20N6O. The largest absolute Gasteiger partial charge is 0.338 e. The van der Waals surface area contributed by atoms with Gasteiger partial charge in [-0.3, -0.25) is 9.78 Å². The van der Waals surface area contributed by atoms with Crippen LogP contribution >= 0.6 is 0 Å². The molecule has 0 saturated carbocycles. The number of likely N-dealkylation sites (tertiary alicyclic amines) is 1. The Bertz CT molecular complexity index is 917. The van der Waals surface area contributed by atoms with Crippen molar-refractivity contribution in [3.8, 4) is 0 Å². The summed E-state index contributed by atoms with van der Waals surface area (Å²) in [7, 11) is 0. The molecule has 0 spiro atoms. The minimum absolute atomic E-state index is 0.0396. The van der Waals surface area contributed by atoms with Gasteiger partial charge in [0.15, 0.2) is 0 Å². The highest BCUT2D eigenvalue weighted by Crippen LogP contribution is 2.28. The molecule has 1 saturated heterocycles. The Balaban J connectivity index is 1.61. The Morgan fingerprint density at radius 1 is 1.20 bits per heavy atom. The molecule has 1 aliphatic heterocycles. The predicted octanol–water partition coefficient (Wildman–Crippen LogP) is 2.16. The van der Waals surface area contributed by atoms with E-state index in [2.05, 4.69) is 20.1 Å². The summed E-state index contributed by atoms with van der Waals surface area (Å²) in [5, 5.41) is 4.30. The second-order valence-electron chi connectivity index (χ2n) is 6.57. The fraction of sp³-hybridized carbons (Fsp3) is 0.389. The molecule has 0 aliphatic carbocycles. The smallest absolute Gasteiger partial charge is 0.255 e. The number of amides is 1. The zero-order valence-corrected chi connectivity index (χ0v) is 14.4. The van der Waals surface area contributed by atoms with Crippen LogP contribution < -0.4 is 0 Å². The van der Waals surface area contributed by atoms with Gasteiger partial charge < -0.3 is 4.90 Å². The van der Waals surface area contributed by atoms with Crippen molar-refractivity contribution in [3.05, 3.63) is 53.4 Å². The van der Waals surface area contributed by atoms with Crippen molar-refractivity contribution in [2.75, 3.05) is 13.1 Å². The minimum Gasteiger partial charge on any atom is -0.338 e. The number of carbonyl (C=O) groups excluding carboxylic acids is 1. The minimum atomic E-state index is 0.0396. The van der Waals surface area contributed by atoms with Crippen molar-refractivity contribution >= 4 is 11.7 Å². The molecule has 1 amide bonds. The third kappa shape index (κ3) is 2.97. The molecule has 1 fully saturated rings. The molecule has 3 aromatic heterocycles. The number of hydrogen-bond donors (Lipinski definition) is 0. The molecule has 0 bridgehead atoms. The van der Waals surface area contributed by atoms with Crippen molar-refractivity contribution in [1.29, 1.82) is 0 Å². The molecule has 128 valence electrons. The molecule has 0 radical (unpaired) electrons. The number of aryl methyl sites for hydroxylation is 2. The van der Waals surface area contributed by atoms with E-state index in [-0.39, 0.29) is 11.8 Å². The Labute approximate surface area is 145 Å². The van der Waals surface area contributed by atoms with E-state index in [1.54, 1.807) is 10.7 Å². The van der Waals surface area contributed by atoms with E-state index in [9.17, 15) is 4.79 Å². The summed E-state index contributed by atoms with van der Waals surface area (Å²) < 4.78 is 1.79. The number of aromatic nitrogens is 5. The van der Waals surface area contributed by atoms with E-state index in [0.29, 0.717) is 17.9 Å². The Morgan fingerprint density at radius 3 is 2.88 bits per heavy atom. The van der Waals surface area contributed by atoms with Gasteiger partial charge in [0.2, 0.25) is 0 Å². The van der Waals surface area contributed by atoms with Gasteiger partial charge in [-0.25, -0.2) is 9.50 Å². The molecule has 3 aromatic rings. The van der Waals surface area contributed by atoms with E-state index in [0.717, 1.165) is 36.5 Å². The number of fused-ring (bicyclic) bond motifs is 1. The van der Waals surface area contributed by atoms with Crippen molar-refractivity contribution in [2.24, 2.45) is 0 Å². The third-order valence-corrected chi connectivity index (χ3v) is 4.69. The topological polar surface area (TPSA) is 76.3 Å². The summed E-state index contributed by atoms with van der Waals surface area (Å²) in [5.41, 5.74) is 3.54. The molecule has 7 nitrogen and oxygen atoms in total. The van der Waals surface area contributed by atoms with Gasteiger partial charge in [-0.05, 0) is 44.9 Å². The summed E-state index contributed by atoms with van der Waals surface area (Å²) in [4.78, 5) is 27.6. The van der Waals surface area contributed by atoms with Crippen molar-refractivity contribution < 1.29 is 4.79 Å². The van der Waals surface area contributed by atoms with E-state index in [1.165, 1.54) is 6.33 Å². The Kier molecular flexibility index (Phi) is 3.91. The number of rotatable bonds is 2. The maximum atomic E-state index is 12.8. The van der Waals surface area contributed by atoms with Gasteiger partial charge in [0.1, 0.15) is 6.33 Å². The summed E-state index contributed by atoms with van der Waals surface area (Å²) in [6.45, 7) is 5.32. The van der Waals surface area contributed by atoms with Crippen LogP contribution in [0, 0.1) is 13.8 Å². The first-order valence-corrected chi connectivity index (χ1v) is 8.51. The van der Waals surface area contributed by atoms with Gasteiger partial charge in [0.25, 0.3) is 11.7 Å². The molecule has 1 aliphatic rings. The first-order chi connectivity index (χ1) is 12.1. The van der Waals surface area contributed by atoms with Crippen molar-refractivity contribution in [3.63, 3.8) is 0 Å². The monoisotopic (exact) mass is 336 g/mol. The maximum Gasteiger partial charge on any atom is 0.255 e. The molecule has 7 heteroatoms. The van der Waals surface area contributed by atoms with E-state index < -0.39 is 0 Å². The summed E-state index contributed by atoms with van der Waals surface area (Å²) in [6, 6.07) is 5.77. The van der Waals surface area contributed by atoms with E-state index in [4.69, 9.17) is 0 Å². The van der Waals surface area contributed by atoms with Crippen LogP contribution in [0.3, 0.4) is 0 Å². The second-order valence-corrected chi connectivity index (χ2v) is 6.57. The quantitative estimate of drug-likeness (QED) is 0.717. The van der Waals surface area contributed by atoms with Crippen LogP contribution in [-0.4, -0.2) is 48.5 Å². The number of pyridine rings is 1. The van der Waals surface area contributed by atoms with Gasteiger partial charge in [0, 0.05) is 36.6 Å². The van der Waals surface area contributed by atoms with Crippen molar-refractivity contribution in [2.45, 2.75) is 32.6 Å². The lowest BCUT2D eigenvalue weighted by molar-refractivity contribution is 0.0704. The van der Waals surface area contributed by atoms with Gasteiger partial charge in [-0.1, -0.05) is 0 Å². The fourth-order valence-electron chi connectivity index (χ4n) is 3.43. The van der Waals surface area contributed by atoms with Crippen LogP contribution in [0.2, 0.25) is 0 Å². The summed E-state index contributed by atoms with van der Waals surface area (Å²) in [6.07, 6.45) is 5.17. The first-order valence-electron chi connectivity index (χ1n) is 8.51. The SMILES string of the molecule is Cc1ccc(C(=O)N2CCCC(c3cc(C)nc4ncnn34)C2)cn1. The van der Waals surface area contributed by atoms with Crippen molar-refractivity contribution in [1.82, 2.24) is 29.5 Å². The third-order valence-electron chi connectivity index (χ3n) is 4.69. The van der Waals surface area contributed by atoms with Gasteiger partial charge in [0.05, 0.1) is 11.3 Å². The summed E-state index contributed by atoms with van der Waals surface area (Å²) in [5.74, 6) is 0.876. The average Bonchev–Trinajstić information content (AvgIpc) is 3.09. The molecule has 25 heavy (non-hydrogen) atoms. The number of piperidine rings is 1. The highest BCUT2D eigenvalue weighted by atomic mass is 16.2. The standard InChI is InChI=1S/C18H20N6O/c1-12-5-6-14(9-19-12)17(25)23-7-3-4-15(10-23)16-8-13(2)22-18-20-11-21-24(16)18/h5-6,8-9,11,15H,3-4,7,10H2,1-2H3. The molecule has 0 N–H and O–H groups in total. The van der Waals surface area contributed by atoms with Crippen LogP contribution in [0.25, 0.3) is 5.78 Å². The lowest BCUT2D eigenvalue weighted by Gasteiger charge is -2.33. The van der Waals surface area contributed by atoms with Crippen LogP contribution in [0.15, 0.2) is 30.7 Å². The van der Waals surface area contributed by atoms with Crippen LogP contribution in [0.1, 0.15) is 46.2 Å². The number of nitrogens with zero attached hydrogens (tertiary/aromatic N) is 6. The highest BCUT2D eigenvalue weighted by molar-refractivity contribution is 5.94. The highest BCUT2D eigenvalue weighted by Gasteiger charge is 2.27. The molecule has 0 aromatic carbocycles. The Morgan fingerprint density at radius 2 is 2.08 bits per heavy atom. The molecular weight excluding hydrogens is 316 g/mol. The van der Waals surface area contributed by atoms with Crippen LogP contribution in [-0.2, 0) is 0 Å². The molecule has 1 unspecified atom stereocenters. The van der Waals surface area contributed by atoms with E-state index >= 15 is 0 Å².